The van der Waals surface area contributed by atoms with Gasteiger partial charge in [0.25, 0.3) is 0 Å². The molecule has 92 valence electrons. The van der Waals surface area contributed by atoms with Gasteiger partial charge in [0.1, 0.15) is 11.9 Å². The van der Waals surface area contributed by atoms with E-state index in [0.29, 0.717) is 0 Å². The predicted molar refractivity (Wildman–Crippen MR) is 69.5 cm³/mol. The van der Waals surface area contributed by atoms with Crippen molar-refractivity contribution in [1.29, 1.82) is 0 Å². The second-order valence-corrected chi connectivity index (χ2v) is 5.12. The van der Waals surface area contributed by atoms with Gasteiger partial charge in [0.2, 0.25) is 0 Å². The minimum atomic E-state index is 0.270. The fourth-order valence-corrected chi connectivity index (χ4v) is 2.63. The van der Waals surface area contributed by atoms with Crippen molar-refractivity contribution in [3.8, 4) is 5.75 Å². The Bertz CT molecular complexity index is 399. The molecule has 3 nitrogen and oxygen atoms in total. The zero-order valence-electron chi connectivity index (χ0n) is 10.4. The van der Waals surface area contributed by atoms with Gasteiger partial charge in [-0.1, -0.05) is 6.07 Å². The van der Waals surface area contributed by atoms with Crippen LogP contribution in [-0.4, -0.2) is 30.6 Å². The Balaban J connectivity index is 1.74. The van der Waals surface area contributed by atoms with E-state index < -0.39 is 0 Å². The summed E-state index contributed by atoms with van der Waals surface area (Å²) in [5.41, 5.74) is 2.54. The van der Waals surface area contributed by atoms with Crippen molar-refractivity contribution in [3.05, 3.63) is 23.8 Å². The minimum absolute atomic E-state index is 0.270. The summed E-state index contributed by atoms with van der Waals surface area (Å²) in [5, 5.41) is 3.43. The molecule has 3 heteroatoms. The van der Waals surface area contributed by atoms with E-state index >= 15 is 0 Å². The molecule has 1 aromatic carbocycles. The molecule has 0 amide bonds. The van der Waals surface area contributed by atoms with E-state index in [2.05, 4.69) is 35.3 Å². The predicted octanol–water partition coefficient (Wildman–Crippen LogP) is 2.48. The number of hydrogen-bond acceptors (Lipinski definition) is 3. The van der Waals surface area contributed by atoms with Gasteiger partial charge in [0.05, 0.1) is 12.2 Å². The lowest BCUT2D eigenvalue weighted by molar-refractivity contribution is 0.226. The molecule has 2 aliphatic heterocycles. The molecule has 2 aliphatic rings. The number of likely N-dealkylation sites (tertiary alicyclic amines) is 1. The van der Waals surface area contributed by atoms with E-state index in [1.807, 2.05) is 0 Å². The largest absolute Gasteiger partial charge is 0.487 e. The van der Waals surface area contributed by atoms with Crippen molar-refractivity contribution in [2.24, 2.45) is 0 Å². The second kappa shape index (κ2) is 4.57. The topological polar surface area (TPSA) is 24.5 Å². The lowest BCUT2D eigenvalue weighted by atomic mass is 10.1. The Kier molecular flexibility index (Phi) is 2.93. The molecule has 0 bridgehead atoms. The summed E-state index contributed by atoms with van der Waals surface area (Å²) in [6.45, 7) is 6.56. The Morgan fingerprint density at radius 1 is 1.35 bits per heavy atom. The van der Waals surface area contributed by atoms with Crippen LogP contribution >= 0.6 is 0 Å². The molecule has 0 saturated carbocycles. The average Bonchev–Trinajstić information content (AvgIpc) is 2.82. The first-order chi connectivity index (χ1) is 8.31. The summed E-state index contributed by atoms with van der Waals surface area (Å²) < 4.78 is 5.78. The maximum atomic E-state index is 5.78. The number of anilines is 1. The summed E-state index contributed by atoms with van der Waals surface area (Å²) in [7, 11) is 0. The van der Waals surface area contributed by atoms with Gasteiger partial charge in [-0.2, -0.15) is 0 Å². The lowest BCUT2D eigenvalue weighted by Crippen LogP contribution is -2.27. The first-order valence-electron chi connectivity index (χ1n) is 6.57. The van der Waals surface area contributed by atoms with Crippen LogP contribution in [0.1, 0.15) is 25.3 Å². The highest BCUT2D eigenvalue weighted by Crippen LogP contribution is 2.30. The third-order valence-corrected chi connectivity index (χ3v) is 3.56. The fraction of sp³-hybridized carbons (Fsp3) is 0.571. The Morgan fingerprint density at radius 3 is 3.00 bits per heavy atom. The highest BCUT2D eigenvalue weighted by molar-refractivity contribution is 5.59. The van der Waals surface area contributed by atoms with Crippen LogP contribution in [0.3, 0.4) is 0 Å². The zero-order valence-corrected chi connectivity index (χ0v) is 10.4. The van der Waals surface area contributed by atoms with Crippen LogP contribution in [0, 0.1) is 0 Å². The van der Waals surface area contributed by atoms with Crippen molar-refractivity contribution in [3.63, 3.8) is 0 Å². The van der Waals surface area contributed by atoms with Crippen LogP contribution in [0.15, 0.2) is 18.2 Å². The molecule has 17 heavy (non-hydrogen) atoms. The summed E-state index contributed by atoms with van der Waals surface area (Å²) in [6, 6.07) is 6.53. The Hall–Kier alpha value is -1.22. The SMILES string of the molecule is CC1CNc2cc(CN3CCCC3)ccc2O1. The van der Waals surface area contributed by atoms with E-state index in [0.717, 1.165) is 24.5 Å². The Morgan fingerprint density at radius 2 is 2.18 bits per heavy atom. The monoisotopic (exact) mass is 232 g/mol. The molecule has 0 spiro atoms. The number of nitrogens with zero attached hydrogens (tertiary/aromatic N) is 1. The van der Waals surface area contributed by atoms with E-state index in [9.17, 15) is 0 Å². The van der Waals surface area contributed by atoms with Gasteiger partial charge in [0.15, 0.2) is 0 Å². The van der Waals surface area contributed by atoms with E-state index in [-0.39, 0.29) is 6.10 Å². The molecule has 0 aromatic heterocycles. The van der Waals surface area contributed by atoms with Crippen LogP contribution < -0.4 is 10.1 Å². The van der Waals surface area contributed by atoms with E-state index in [1.54, 1.807) is 0 Å². The minimum Gasteiger partial charge on any atom is -0.487 e. The molecular weight excluding hydrogens is 212 g/mol. The molecule has 1 aromatic rings. The first kappa shape index (κ1) is 10.9. The number of fused-ring (bicyclic) bond motifs is 1. The normalized spacial score (nSPS) is 23.9. The highest BCUT2D eigenvalue weighted by Gasteiger charge is 2.17. The van der Waals surface area contributed by atoms with Crippen molar-refractivity contribution in [1.82, 2.24) is 4.90 Å². The fourth-order valence-electron chi connectivity index (χ4n) is 2.63. The third kappa shape index (κ3) is 2.39. The molecule has 1 N–H and O–H groups in total. The van der Waals surface area contributed by atoms with Gasteiger partial charge in [-0.25, -0.2) is 0 Å². The smallest absolute Gasteiger partial charge is 0.142 e. The van der Waals surface area contributed by atoms with Gasteiger partial charge in [0, 0.05) is 6.54 Å². The molecule has 0 aliphatic carbocycles. The van der Waals surface area contributed by atoms with E-state index in [4.69, 9.17) is 4.74 Å². The summed E-state index contributed by atoms with van der Waals surface area (Å²) in [4.78, 5) is 2.52. The number of hydrogen-bond donors (Lipinski definition) is 1. The molecule has 1 atom stereocenters. The van der Waals surface area contributed by atoms with Gasteiger partial charge in [-0.05, 0) is 50.6 Å². The summed E-state index contributed by atoms with van der Waals surface area (Å²) in [5.74, 6) is 0.994. The first-order valence-corrected chi connectivity index (χ1v) is 6.57. The maximum Gasteiger partial charge on any atom is 0.142 e. The number of nitrogens with one attached hydrogen (secondary N) is 1. The average molecular weight is 232 g/mol. The van der Waals surface area contributed by atoms with Crippen LogP contribution in [0.2, 0.25) is 0 Å². The van der Waals surface area contributed by atoms with Crippen LogP contribution in [-0.2, 0) is 6.54 Å². The van der Waals surface area contributed by atoms with Crippen molar-refractivity contribution in [2.45, 2.75) is 32.4 Å². The number of ether oxygens (including phenoxy) is 1. The highest BCUT2D eigenvalue weighted by atomic mass is 16.5. The summed E-state index contributed by atoms with van der Waals surface area (Å²) >= 11 is 0. The molecule has 0 radical (unpaired) electrons. The van der Waals surface area contributed by atoms with Gasteiger partial charge < -0.3 is 10.1 Å². The number of benzene rings is 1. The van der Waals surface area contributed by atoms with Crippen molar-refractivity contribution >= 4 is 5.69 Å². The maximum absolute atomic E-state index is 5.78. The molecular formula is C14H20N2O. The zero-order chi connectivity index (χ0) is 11.7. The molecule has 3 rings (SSSR count). The molecule has 1 saturated heterocycles. The number of rotatable bonds is 2. The van der Waals surface area contributed by atoms with Crippen LogP contribution in [0.25, 0.3) is 0 Å². The standard InChI is InChI=1S/C14H20N2O/c1-11-9-15-13-8-12(4-5-14(13)17-11)10-16-6-2-3-7-16/h4-5,8,11,15H,2-3,6-7,9-10H2,1H3. The molecule has 1 unspecified atom stereocenters. The van der Waals surface area contributed by atoms with Gasteiger partial charge in [-0.15, -0.1) is 0 Å². The van der Waals surface area contributed by atoms with Crippen LogP contribution in [0.5, 0.6) is 5.75 Å². The third-order valence-electron chi connectivity index (χ3n) is 3.56. The van der Waals surface area contributed by atoms with Gasteiger partial charge in [-0.3, -0.25) is 4.90 Å². The lowest BCUT2D eigenvalue weighted by Gasteiger charge is -2.25. The van der Waals surface area contributed by atoms with Gasteiger partial charge >= 0.3 is 0 Å². The Labute approximate surface area is 103 Å². The van der Waals surface area contributed by atoms with Crippen molar-refractivity contribution < 1.29 is 4.74 Å². The molecule has 2 heterocycles. The molecule has 1 fully saturated rings. The summed E-state index contributed by atoms with van der Waals surface area (Å²) in [6.07, 6.45) is 2.97. The second-order valence-electron chi connectivity index (χ2n) is 5.12. The van der Waals surface area contributed by atoms with E-state index in [1.165, 1.54) is 31.5 Å². The quantitative estimate of drug-likeness (QED) is 0.847. The van der Waals surface area contributed by atoms with Crippen molar-refractivity contribution in [2.75, 3.05) is 25.0 Å². The van der Waals surface area contributed by atoms with Crippen LogP contribution in [0.4, 0.5) is 5.69 Å².